The molecule has 1 heterocycles. The lowest BCUT2D eigenvalue weighted by Gasteiger charge is -2.34. The molecule has 0 aromatic rings. The third kappa shape index (κ3) is 4.67. The van der Waals surface area contributed by atoms with Crippen LogP contribution in [0.3, 0.4) is 0 Å². The second-order valence-corrected chi connectivity index (χ2v) is 6.25. The Morgan fingerprint density at radius 2 is 1.79 bits per heavy atom. The van der Waals surface area contributed by atoms with Crippen LogP contribution in [0.25, 0.3) is 0 Å². The second kappa shape index (κ2) is 6.70. The molecule has 0 aromatic heterocycles. The first-order chi connectivity index (χ1) is 6.72. The Bertz CT molecular complexity index is 142. The minimum Gasteiger partial charge on any atom is -0.330 e. The molecule has 14 heavy (non-hydrogen) atoms. The Morgan fingerprint density at radius 3 is 2.36 bits per heavy atom. The summed E-state index contributed by atoms with van der Waals surface area (Å²) in [5.74, 6) is 0. The highest BCUT2D eigenvalue weighted by Crippen LogP contribution is 2.24. The van der Waals surface area contributed by atoms with Gasteiger partial charge in [-0.1, -0.05) is 20.3 Å². The summed E-state index contributed by atoms with van der Waals surface area (Å²) < 4.78 is 0. The van der Waals surface area contributed by atoms with Crippen molar-refractivity contribution < 1.29 is 0 Å². The molecule has 0 amide bonds. The maximum Gasteiger partial charge on any atom is 0.0149 e. The van der Waals surface area contributed by atoms with E-state index in [1.165, 1.54) is 38.9 Å². The molecule has 0 aliphatic carbocycles. The zero-order chi connectivity index (χ0) is 10.4. The zero-order valence-electron chi connectivity index (χ0n) is 9.54. The number of nitrogens with zero attached hydrogens (tertiary/aromatic N) is 1. The maximum atomic E-state index is 5.47. The van der Waals surface area contributed by atoms with Crippen molar-refractivity contribution in [2.24, 2.45) is 5.73 Å². The van der Waals surface area contributed by atoms with Gasteiger partial charge < -0.3 is 10.6 Å². The van der Waals surface area contributed by atoms with Gasteiger partial charge in [0.05, 0.1) is 0 Å². The van der Waals surface area contributed by atoms with Crippen molar-refractivity contribution in [1.29, 1.82) is 0 Å². The van der Waals surface area contributed by atoms with Gasteiger partial charge in [0.1, 0.15) is 0 Å². The fourth-order valence-corrected chi connectivity index (χ4v) is 3.51. The van der Waals surface area contributed by atoms with Gasteiger partial charge in [-0.2, -0.15) is 11.8 Å². The van der Waals surface area contributed by atoms with Crippen LogP contribution in [-0.2, 0) is 0 Å². The molecule has 0 radical (unpaired) electrons. The predicted molar refractivity (Wildman–Crippen MR) is 65.9 cm³/mol. The smallest absolute Gasteiger partial charge is 0.0149 e. The summed E-state index contributed by atoms with van der Waals surface area (Å²) >= 11 is 2.13. The lowest BCUT2D eigenvalue weighted by Crippen LogP contribution is -2.40. The average Bonchev–Trinajstić information content (AvgIpc) is 2.11. The normalized spacial score (nSPS) is 29.4. The van der Waals surface area contributed by atoms with Gasteiger partial charge in [-0.05, 0) is 25.9 Å². The van der Waals surface area contributed by atoms with E-state index in [-0.39, 0.29) is 0 Å². The van der Waals surface area contributed by atoms with Crippen LogP contribution in [0.4, 0.5) is 0 Å². The maximum absolute atomic E-state index is 5.47. The van der Waals surface area contributed by atoms with Crippen LogP contribution in [0.15, 0.2) is 0 Å². The molecule has 0 spiro atoms. The summed E-state index contributed by atoms with van der Waals surface area (Å²) in [6.07, 6.45) is 3.80. The fourth-order valence-electron chi connectivity index (χ4n) is 2.12. The zero-order valence-corrected chi connectivity index (χ0v) is 10.4. The van der Waals surface area contributed by atoms with E-state index >= 15 is 0 Å². The Morgan fingerprint density at radius 1 is 1.14 bits per heavy atom. The van der Waals surface area contributed by atoms with E-state index < -0.39 is 0 Å². The number of nitrogens with two attached hydrogens (primary N) is 1. The van der Waals surface area contributed by atoms with Crippen LogP contribution < -0.4 is 5.73 Å². The fraction of sp³-hybridized carbons (Fsp3) is 1.00. The van der Waals surface area contributed by atoms with Crippen LogP contribution in [0.2, 0.25) is 0 Å². The SMILES string of the molecule is CC1CN(CCCCCN)CC(C)S1. The molecule has 2 nitrogen and oxygen atoms in total. The van der Waals surface area contributed by atoms with Gasteiger partial charge in [0.15, 0.2) is 0 Å². The Balaban J connectivity index is 2.10. The lowest BCUT2D eigenvalue weighted by molar-refractivity contribution is 0.265. The summed E-state index contributed by atoms with van der Waals surface area (Å²) in [5, 5.41) is 1.63. The molecular weight excluding hydrogens is 192 g/mol. The topological polar surface area (TPSA) is 29.3 Å². The van der Waals surface area contributed by atoms with Crippen molar-refractivity contribution in [3.8, 4) is 0 Å². The van der Waals surface area contributed by atoms with Crippen LogP contribution in [0.5, 0.6) is 0 Å². The van der Waals surface area contributed by atoms with E-state index in [2.05, 4.69) is 30.5 Å². The van der Waals surface area contributed by atoms with Gasteiger partial charge >= 0.3 is 0 Å². The van der Waals surface area contributed by atoms with Crippen LogP contribution >= 0.6 is 11.8 Å². The molecule has 2 atom stereocenters. The number of rotatable bonds is 5. The van der Waals surface area contributed by atoms with Crippen LogP contribution in [0.1, 0.15) is 33.1 Å². The quantitative estimate of drug-likeness (QED) is 0.712. The summed E-state index contributed by atoms with van der Waals surface area (Å²) in [4.78, 5) is 2.61. The van der Waals surface area contributed by atoms with Gasteiger partial charge in [0.2, 0.25) is 0 Å². The van der Waals surface area contributed by atoms with E-state index in [9.17, 15) is 0 Å². The Labute approximate surface area is 92.6 Å². The molecule has 84 valence electrons. The average molecular weight is 216 g/mol. The first-order valence-electron chi connectivity index (χ1n) is 5.80. The highest BCUT2D eigenvalue weighted by atomic mass is 32.2. The van der Waals surface area contributed by atoms with Crippen LogP contribution in [-0.4, -0.2) is 41.6 Å². The molecule has 1 saturated heterocycles. The molecule has 0 aromatic carbocycles. The molecule has 2 N–H and O–H groups in total. The molecule has 1 fully saturated rings. The van der Waals surface area contributed by atoms with E-state index in [0.29, 0.717) is 0 Å². The Hall–Kier alpha value is 0.270. The summed E-state index contributed by atoms with van der Waals surface area (Å²) in [5.41, 5.74) is 5.47. The van der Waals surface area contributed by atoms with Crippen LogP contribution in [0, 0.1) is 0 Å². The number of hydrogen-bond donors (Lipinski definition) is 1. The predicted octanol–water partition coefficient (Wildman–Crippen LogP) is 1.94. The first-order valence-corrected chi connectivity index (χ1v) is 6.74. The summed E-state index contributed by atoms with van der Waals surface area (Å²) in [7, 11) is 0. The molecule has 2 unspecified atom stereocenters. The van der Waals surface area contributed by atoms with Crippen molar-refractivity contribution in [3.63, 3.8) is 0 Å². The van der Waals surface area contributed by atoms with E-state index in [1.807, 2.05) is 0 Å². The van der Waals surface area contributed by atoms with E-state index in [0.717, 1.165) is 17.0 Å². The minimum atomic E-state index is 0.813. The van der Waals surface area contributed by atoms with Gasteiger partial charge in [-0.3, -0.25) is 0 Å². The van der Waals surface area contributed by atoms with Gasteiger partial charge in [0, 0.05) is 23.6 Å². The third-order valence-electron chi connectivity index (χ3n) is 2.67. The lowest BCUT2D eigenvalue weighted by atomic mass is 10.2. The molecule has 1 aliphatic rings. The van der Waals surface area contributed by atoms with E-state index in [1.54, 1.807) is 0 Å². The van der Waals surface area contributed by atoms with Crippen molar-refractivity contribution >= 4 is 11.8 Å². The minimum absolute atomic E-state index is 0.813. The standard InChI is InChI=1S/C11H24N2S/c1-10-8-13(9-11(2)14-10)7-5-3-4-6-12/h10-11H,3-9,12H2,1-2H3. The number of hydrogen-bond acceptors (Lipinski definition) is 3. The Kier molecular flexibility index (Phi) is 5.90. The third-order valence-corrected chi connectivity index (χ3v) is 3.90. The van der Waals surface area contributed by atoms with Crippen molar-refractivity contribution in [2.75, 3.05) is 26.2 Å². The molecule has 0 bridgehead atoms. The molecule has 1 rings (SSSR count). The van der Waals surface area contributed by atoms with Crippen molar-refractivity contribution in [1.82, 2.24) is 4.90 Å². The highest BCUT2D eigenvalue weighted by molar-refractivity contribution is 8.00. The van der Waals surface area contributed by atoms with Gasteiger partial charge in [-0.25, -0.2) is 0 Å². The molecule has 1 aliphatic heterocycles. The van der Waals surface area contributed by atoms with Gasteiger partial charge in [-0.15, -0.1) is 0 Å². The number of unbranched alkanes of at least 4 members (excludes halogenated alkanes) is 2. The van der Waals surface area contributed by atoms with Gasteiger partial charge in [0.25, 0.3) is 0 Å². The summed E-state index contributed by atoms with van der Waals surface area (Å²) in [6.45, 7) is 9.35. The molecule has 3 heteroatoms. The monoisotopic (exact) mass is 216 g/mol. The largest absolute Gasteiger partial charge is 0.330 e. The molecular formula is C11H24N2S. The second-order valence-electron chi connectivity index (χ2n) is 4.37. The number of thioether (sulfide) groups is 1. The van der Waals surface area contributed by atoms with Crippen molar-refractivity contribution in [2.45, 2.75) is 43.6 Å². The van der Waals surface area contributed by atoms with E-state index in [4.69, 9.17) is 5.73 Å². The first kappa shape index (κ1) is 12.3. The summed E-state index contributed by atoms with van der Waals surface area (Å²) in [6, 6.07) is 0. The van der Waals surface area contributed by atoms with Crippen molar-refractivity contribution in [3.05, 3.63) is 0 Å². The highest BCUT2D eigenvalue weighted by Gasteiger charge is 2.21. The molecule has 0 saturated carbocycles.